The van der Waals surface area contributed by atoms with Gasteiger partial charge in [-0.3, -0.25) is 9.59 Å². The molecule has 0 heterocycles. The molecule has 1 atom stereocenters. The molecule has 0 spiro atoms. The molecule has 0 radical (unpaired) electrons. The number of rotatable bonds is 9. The molecule has 200 valence electrons. The summed E-state index contributed by atoms with van der Waals surface area (Å²) < 4.78 is 0. The summed E-state index contributed by atoms with van der Waals surface area (Å²) in [6.07, 6.45) is 5.67. The summed E-state index contributed by atoms with van der Waals surface area (Å²) in [5.74, 6) is -0.378. The topological polar surface area (TPSA) is 49.4 Å². The highest BCUT2D eigenvalue weighted by atomic mass is 35.5. The Morgan fingerprint density at radius 1 is 0.816 bits per heavy atom. The van der Waals surface area contributed by atoms with Gasteiger partial charge in [-0.1, -0.05) is 108 Å². The Kier molecular flexibility index (Phi) is 10.4. The van der Waals surface area contributed by atoms with Crippen molar-refractivity contribution in [3.05, 3.63) is 104 Å². The van der Waals surface area contributed by atoms with Gasteiger partial charge >= 0.3 is 0 Å². The van der Waals surface area contributed by atoms with Gasteiger partial charge in [-0.2, -0.15) is 0 Å². The van der Waals surface area contributed by atoms with Crippen molar-refractivity contribution in [2.24, 2.45) is 0 Å². The summed E-state index contributed by atoms with van der Waals surface area (Å²) >= 11 is 24.9. The van der Waals surface area contributed by atoms with Crippen LogP contribution in [0.15, 0.2) is 66.7 Å². The van der Waals surface area contributed by atoms with Crippen LogP contribution in [0.25, 0.3) is 0 Å². The average molecular weight is 592 g/mol. The summed E-state index contributed by atoms with van der Waals surface area (Å²) in [5.41, 5.74) is 2.39. The van der Waals surface area contributed by atoms with Crippen molar-refractivity contribution in [3.8, 4) is 0 Å². The monoisotopic (exact) mass is 590 g/mol. The van der Waals surface area contributed by atoms with E-state index >= 15 is 0 Å². The molecule has 3 aromatic rings. The van der Waals surface area contributed by atoms with Gasteiger partial charge in [-0.15, -0.1) is 0 Å². The third kappa shape index (κ3) is 7.89. The Labute approximate surface area is 244 Å². The summed E-state index contributed by atoms with van der Waals surface area (Å²) in [6, 6.07) is 19.5. The lowest BCUT2D eigenvalue weighted by molar-refractivity contribution is -0.141. The second-order valence-corrected chi connectivity index (χ2v) is 11.4. The molecule has 0 saturated heterocycles. The minimum Gasteiger partial charge on any atom is -0.352 e. The number of hydrogen-bond donors (Lipinski definition) is 1. The predicted molar refractivity (Wildman–Crippen MR) is 156 cm³/mol. The highest BCUT2D eigenvalue weighted by Crippen LogP contribution is 2.26. The summed E-state index contributed by atoms with van der Waals surface area (Å²) in [6.45, 7) is 0.191. The molecule has 3 aromatic carbocycles. The Bertz CT molecular complexity index is 1260. The lowest BCUT2D eigenvalue weighted by Gasteiger charge is -2.33. The Morgan fingerprint density at radius 3 is 2.24 bits per heavy atom. The van der Waals surface area contributed by atoms with E-state index in [2.05, 4.69) is 5.32 Å². The third-order valence-corrected chi connectivity index (χ3v) is 8.24. The predicted octanol–water partition coefficient (Wildman–Crippen LogP) is 7.93. The fourth-order valence-electron chi connectivity index (χ4n) is 4.86. The molecule has 8 heteroatoms. The molecule has 4 nitrogen and oxygen atoms in total. The standard InChI is InChI=1S/C30H30Cl4N2O2/c31-23-13-12-22(26(33)18-23)17-29(37)36(19-21-11-14-25(32)27(34)15-21)28(16-20-7-3-1-4-8-20)30(38)35-24-9-5-2-6-10-24/h1,3-4,7-8,11-15,18,24,28H,2,5-6,9-10,16-17,19H2,(H,35,38). The smallest absolute Gasteiger partial charge is 0.243 e. The zero-order valence-electron chi connectivity index (χ0n) is 20.9. The van der Waals surface area contributed by atoms with Crippen molar-refractivity contribution in [2.75, 3.05) is 0 Å². The van der Waals surface area contributed by atoms with E-state index in [4.69, 9.17) is 46.4 Å². The maximum absolute atomic E-state index is 13.9. The van der Waals surface area contributed by atoms with Crippen molar-refractivity contribution in [1.82, 2.24) is 10.2 Å². The van der Waals surface area contributed by atoms with Gasteiger partial charge in [-0.25, -0.2) is 0 Å². The first kappa shape index (κ1) is 28.8. The van der Waals surface area contributed by atoms with Crippen LogP contribution >= 0.6 is 46.4 Å². The number of nitrogens with zero attached hydrogens (tertiary/aromatic N) is 1. The number of hydrogen-bond acceptors (Lipinski definition) is 2. The van der Waals surface area contributed by atoms with Crippen LogP contribution in [0, 0.1) is 0 Å². The molecule has 4 rings (SSSR count). The number of halogens is 4. The van der Waals surface area contributed by atoms with E-state index in [0.717, 1.165) is 36.8 Å². The van der Waals surface area contributed by atoms with Crippen LogP contribution in [-0.2, 0) is 29.0 Å². The summed E-state index contributed by atoms with van der Waals surface area (Å²) in [7, 11) is 0. The summed E-state index contributed by atoms with van der Waals surface area (Å²) in [4.78, 5) is 29.4. The van der Waals surface area contributed by atoms with Gasteiger partial charge in [0.15, 0.2) is 0 Å². The van der Waals surface area contributed by atoms with Crippen LogP contribution in [0.1, 0.15) is 48.8 Å². The highest BCUT2D eigenvalue weighted by Gasteiger charge is 2.32. The van der Waals surface area contributed by atoms with Crippen LogP contribution in [0.5, 0.6) is 0 Å². The molecule has 1 unspecified atom stereocenters. The van der Waals surface area contributed by atoms with Gasteiger partial charge in [0.05, 0.1) is 16.5 Å². The van der Waals surface area contributed by atoms with Crippen molar-refractivity contribution in [2.45, 2.75) is 63.6 Å². The van der Waals surface area contributed by atoms with Gasteiger partial charge in [-0.05, 0) is 53.8 Å². The minimum absolute atomic E-state index is 0.0271. The van der Waals surface area contributed by atoms with Gasteiger partial charge in [0.2, 0.25) is 11.8 Å². The SMILES string of the molecule is O=C(NC1CCCCC1)C(Cc1ccccc1)N(Cc1ccc(Cl)c(Cl)c1)C(=O)Cc1ccc(Cl)cc1Cl. The van der Waals surface area contributed by atoms with E-state index in [1.165, 1.54) is 6.42 Å². The van der Waals surface area contributed by atoms with Gasteiger partial charge in [0.1, 0.15) is 6.04 Å². The number of carbonyl (C=O) groups is 2. The number of nitrogens with one attached hydrogen (secondary N) is 1. The summed E-state index contributed by atoms with van der Waals surface area (Å²) in [5, 5.41) is 4.96. The number of amides is 2. The Hall–Kier alpha value is -2.24. The van der Waals surface area contributed by atoms with Gasteiger partial charge < -0.3 is 10.2 Å². The van der Waals surface area contributed by atoms with Crippen LogP contribution in [0.2, 0.25) is 20.1 Å². The number of carbonyl (C=O) groups excluding carboxylic acids is 2. The van der Waals surface area contributed by atoms with Crippen molar-refractivity contribution >= 4 is 58.2 Å². The largest absolute Gasteiger partial charge is 0.352 e. The fraction of sp³-hybridized carbons (Fsp3) is 0.333. The quantitative estimate of drug-likeness (QED) is 0.275. The van der Waals surface area contributed by atoms with Crippen LogP contribution in [-0.4, -0.2) is 28.8 Å². The zero-order chi connectivity index (χ0) is 27.1. The van der Waals surface area contributed by atoms with E-state index < -0.39 is 6.04 Å². The highest BCUT2D eigenvalue weighted by molar-refractivity contribution is 6.42. The fourth-order valence-corrected chi connectivity index (χ4v) is 5.66. The third-order valence-electron chi connectivity index (χ3n) is 6.92. The molecule has 1 saturated carbocycles. The first-order chi connectivity index (χ1) is 18.3. The molecular formula is C30H30Cl4N2O2. The molecule has 1 aliphatic carbocycles. The minimum atomic E-state index is -0.729. The van der Waals surface area contributed by atoms with Crippen molar-refractivity contribution in [1.29, 1.82) is 0 Å². The maximum atomic E-state index is 13.9. The van der Waals surface area contributed by atoms with E-state index in [9.17, 15) is 9.59 Å². The van der Waals surface area contributed by atoms with E-state index in [-0.39, 0.29) is 30.8 Å². The van der Waals surface area contributed by atoms with Crippen molar-refractivity contribution < 1.29 is 9.59 Å². The Balaban J connectivity index is 1.68. The number of benzene rings is 3. The normalized spacial score (nSPS) is 14.6. The van der Waals surface area contributed by atoms with E-state index in [1.54, 1.807) is 35.2 Å². The second-order valence-electron chi connectivity index (χ2n) is 9.73. The maximum Gasteiger partial charge on any atom is 0.243 e. The molecule has 0 aromatic heterocycles. The molecular weight excluding hydrogens is 562 g/mol. The molecule has 0 aliphatic heterocycles. The van der Waals surface area contributed by atoms with Crippen molar-refractivity contribution in [3.63, 3.8) is 0 Å². The van der Waals surface area contributed by atoms with E-state index in [0.29, 0.717) is 32.1 Å². The molecule has 2 amide bonds. The van der Waals surface area contributed by atoms with Gasteiger partial charge in [0.25, 0.3) is 0 Å². The Morgan fingerprint density at radius 2 is 1.55 bits per heavy atom. The molecule has 1 aliphatic rings. The molecule has 38 heavy (non-hydrogen) atoms. The van der Waals surface area contributed by atoms with Crippen LogP contribution in [0.3, 0.4) is 0 Å². The van der Waals surface area contributed by atoms with Gasteiger partial charge in [0, 0.05) is 29.1 Å². The first-order valence-electron chi connectivity index (χ1n) is 12.8. The molecule has 1 fully saturated rings. The van der Waals surface area contributed by atoms with Crippen LogP contribution in [0.4, 0.5) is 0 Å². The van der Waals surface area contributed by atoms with Crippen LogP contribution < -0.4 is 5.32 Å². The zero-order valence-corrected chi connectivity index (χ0v) is 24.0. The average Bonchev–Trinajstić information content (AvgIpc) is 2.91. The van der Waals surface area contributed by atoms with E-state index in [1.807, 2.05) is 36.4 Å². The molecule has 1 N–H and O–H groups in total. The lowest BCUT2D eigenvalue weighted by atomic mass is 9.94. The molecule has 0 bridgehead atoms. The lowest BCUT2D eigenvalue weighted by Crippen LogP contribution is -2.53. The first-order valence-corrected chi connectivity index (χ1v) is 14.3. The second kappa shape index (κ2) is 13.7.